The van der Waals surface area contributed by atoms with Crippen molar-refractivity contribution in [1.82, 2.24) is 4.90 Å². The summed E-state index contributed by atoms with van der Waals surface area (Å²) in [7, 11) is 0. The normalized spacial score (nSPS) is 21.9. The largest absolute Gasteiger partial charge is 0.392 e. The second-order valence-corrected chi connectivity index (χ2v) is 8.81. The lowest BCUT2D eigenvalue weighted by Gasteiger charge is -2.27. The van der Waals surface area contributed by atoms with Crippen molar-refractivity contribution in [2.75, 3.05) is 25.4 Å². The number of aliphatic hydroxyl groups is 1. The van der Waals surface area contributed by atoms with Gasteiger partial charge in [-0.1, -0.05) is 58.3 Å². The average Bonchev–Trinajstić information content (AvgIpc) is 2.49. The summed E-state index contributed by atoms with van der Waals surface area (Å²) in [5.41, 5.74) is 0. The molecule has 2 aliphatic rings. The van der Waals surface area contributed by atoms with Gasteiger partial charge >= 0.3 is 0 Å². The number of thioether (sulfide) groups is 1. The minimum atomic E-state index is -0.155. The van der Waals surface area contributed by atoms with Crippen LogP contribution in [0.3, 0.4) is 0 Å². The lowest BCUT2D eigenvalue weighted by atomic mass is 10.1. The third-order valence-electron chi connectivity index (χ3n) is 4.89. The first kappa shape index (κ1) is 24.6. The van der Waals surface area contributed by atoms with E-state index < -0.39 is 0 Å². The van der Waals surface area contributed by atoms with Gasteiger partial charge in [0.15, 0.2) is 0 Å². The van der Waals surface area contributed by atoms with Crippen LogP contribution in [-0.4, -0.2) is 46.7 Å². The highest BCUT2D eigenvalue weighted by Gasteiger charge is 2.16. The van der Waals surface area contributed by atoms with Crippen molar-refractivity contribution in [3.8, 4) is 0 Å². The van der Waals surface area contributed by atoms with E-state index in [0.717, 1.165) is 11.8 Å². The van der Waals surface area contributed by atoms with E-state index in [2.05, 4.69) is 23.6 Å². The number of hydrogen-bond donors (Lipinski definition) is 1. The van der Waals surface area contributed by atoms with Gasteiger partial charge in [0.05, 0.1) is 6.10 Å². The molecule has 2 saturated heterocycles. The Labute approximate surface area is 161 Å². The van der Waals surface area contributed by atoms with Crippen LogP contribution in [0.25, 0.3) is 0 Å². The fourth-order valence-corrected chi connectivity index (χ4v) is 4.26. The van der Waals surface area contributed by atoms with Crippen molar-refractivity contribution in [3.63, 3.8) is 0 Å². The summed E-state index contributed by atoms with van der Waals surface area (Å²) >= 11 is 2.18. The highest BCUT2D eigenvalue weighted by Crippen LogP contribution is 2.31. The van der Waals surface area contributed by atoms with Gasteiger partial charge in [-0.15, -0.1) is 12.4 Å². The summed E-state index contributed by atoms with van der Waals surface area (Å²) in [6, 6.07) is 0. The topological polar surface area (TPSA) is 23.5 Å². The van der Waals surface area contributed by atoms with Gasteiger partial charge in [0.25, 0.3) is 0 Å². The van der Waals surface area contributed by atoms with Crippen molar-refractivity contribution in [1.29, 1.82) is 0 Å². The Kier molecular flexibility index (Phi) is 17.4. The number of hydrogen-bond acceptors (Lipinski definition) is 3. The zero-order valence-electron chi connectivity index (χ0n) is 16.2. The van der Waals surface area contributed by atoms with Crippen LogP contribution < -0.4 is 0 Å². The molecule has 0 bridgehead atoms. The van der Waals surface area contributed by atoms with E-state index in [1.807, 2.05) is 6.92 Å². The molecule has 24 heavy (non-hydrogen) atoms. The van der Waals surface area contributed by atoms with Crippen LogP contribution in [0.2, 0.25) is 0 Å². The van der Waals surface area contributed by atoms with Gasteiger partial charge in [-0.3, -0.25) is 0 Å². The Balaban J connectivity index is 0.000000436. The first-order chi connectivity index (χ1) is 11.2. The molecule has 0 aromatic rings. The van der Waals surface area contributed by atoms with E-state index in [0.29, 0.717) is 0 Å². The zero-order valence-corrected chi connectivity index (χ0v) is 17.8. The van der Waals surface area contributed by atoms with Gasteiger partial charge in [0.1, 0.15) is 0 Å². The van der Waals surface area contributed by atoms with Crippen molar-refractivity contribution in [3.05, 3.63) is 0 Å². The molecule has 2 unspecified atom stereocenters. The molecule has 0 aromatic carbocycles. The fraction of sp³-hybridized carbons (Fsp3) is 1.00. The van der Waals surface area contributed by atoms with Gasteiger partial charge in [0, 0.05) is 11.8 Å². The van der Waals surface area contributed by atoms with Gasteiger partial charge < -0.3 is 10.0 Å². The number of piperidine rings is 1. The average molecular weight is 380 g/mol. The smallest absolute Gasteiger partial charge is 0.0639 e. The van der Waals surface area contributed by atoms with Crippen molar-refractivity contribution >= 4 is 24.2 Å². The van der Waals surface area contributed by atoms with Crippen LogP contribution >= 0.6 is 24.2 Å². The maximum Gasteiger partial charge on any atom is 0.0639 e. The molecule has 4 heteroatoms. The second kappa shape index (κ2) is 17.0. The number of unbranched alkanes of at least 4 members (excludes halogenated alkanes) is 6. The summed E-state index contributed by atoms with van der Waals surface area (Å²) in [5, 5.41) is 10.1. The predicted molar refractivity (Wildman–Crippen MR) is 113 cm³/mol. The van der Waals surface area contributed by atoms with Crippen LogP contribution in [0.15, 0.2) is 0 Å². The Hall–Kier alpha value is 0.560. The number of aliphatic hydroxyl groups excluding tert-OH is 1. The summed E-state index contributed by atoms with van der Waals surface area (Å²) in [6.45, 7) is 7.37. The minimum Gasteiger partial charge on any atom is -0.392 e. The number of nitrogens with zero attached hydrogens (tertiary/aromatic N) is 1. The number of halogens is 1. The van der Waals surface area contributed by atoms with E-state index >= 15 is 0 Å². The van der Waals surface area contributed by atoms with E-state index in [4.69, 9.17) is 5.11 Å². The van der Waals surface area contributed by atoms with Crippen molar-refractivity contribution < 1.29 is 5.11 Å². The Morgan fingerprint density at radius 2 is 1.58 bits per heavy atom. The first-order valence-electron chi connectivity index (χ1n) is 10.2. The Morgan fingerprint density at radius 1 is 1.00 bits per heavy atom. The van der Waals surface area contributed by atoms with Gasteiger partial charge in [-0.2, -0.15) is 11.8 Å². The van der Waals surface area contributed by atoms with E-state index in [-0.39, 0.29) is 18.5 Å². The lowest BCUT2D eigenvalue weighted by molar-refractivity contribution is 0.114. The summed E-state index contributed by atoms with van der Waals surface area (Å²) in [4.78, 5) is 2.34. The monoisotopic (exact) mass is 379 g/mol. The van der Waals surface area contributed by atoms with Crippen LogP contribution in [0.4, 0.5) is 0 Å². The molecular weight excluding hydrogens is 338 g/mol. The van der Waals surface area contributed by atoms with E-state index in [1.165, 1.54) is 95.9 Å². The molecule has 1 N–H and O–H groups in total. The molecule has 0 amide bonds. The maximum atomic E-state index is 9.06. The molecule has 2 rings (SSSR count). The molecule has 2 atom stereocenters. The molecule has 0 aliphatic carbocycles. The summed E-state index contributed by atoms with van der Waals surface area (Å²) in [6.07, 6.45) is 17.1. The van der Waals surface area contributed by atoms with Crippen LogP contribution in [0.5, 0.6) is 0 Å². The number of likely N-dealkylation sites (tertiary alicyclic amines) is 1. The molecular formula is C20H42ClNOS. The predicted octanol–water partition coefficient (Wildman–Crippen LogP) is 5.91. The third-order valence-corrected chi connectivity index (χ3v) is 6.31. The lowest BCUT2D eigenvalue weighted by Crippen LogP contribution is -2.35. The standard InChI is InChI=1S/C12H24S.C8H17NO.ClH/c1-2-3-4-5-6-7-8-9-12-10-11-13-12;1-8(10)7-9-5-3-2-4-6-9;/h12H,2-11H2,1H3;8,10H,2-7H2,1H3;1H. The number of β-amino-alcohol motifs (C(OH)–C–C–N with tert-alkyl or cyclic N) is 1. The molecule has 0 saturated carbocycles. The number of rotatable bonds is 10. The van der Waals surface area contributed by atoms with E-state index in [1.54, 1.807) is 0 Å². The Morgan fingerprint density at radius 3 is 2.08 bits per heavy atom. The first-order valence-corrected chi connectivity index (χ1v) is 11.3. The molecule has 0 radical (unpaired) electrons. The molecule has 146 valence electrons. The van der Waals surface area contributed by atoms with Gasteiger partial charge in [0.2, 0.25) is 0 Å². The maximum absolute atomic E-state index is 9.06. The van der Waals surface area contributed by atoms with Crippen LogP contribution in [-0.2, 0) is 0 Å². The summed E-state index contributed by atoms with van der Waals surface area (Å²) in [5.74, 6) is 1.43. The molecule has 2 aliphatic heterocycles. The van der Waals surface area contributed by atoms with Crippen molar-refractivity contribution in [2.24, 2.45) is 0 Å². The minimum absolute atomic E-state index is 0. The SMILES string of the molecule is CC(O)CN1CCCCC1.CCCCCCCCCC1CCS1.Cl. The van der Waals surface area contributed by atoms with Gasteiger partial charge in [-0.25, -0.2) is 0 Å². The van der Waals surface area contributed by atoms with Gasteiger partial charge in [-0.05, 0) is 51.4 Å². The molecule has 0 aromatic heterocycles. The molecule has 2 nitrogen and oxygen atoms in total. The van der Waals surface area contributed by atoms with E-state index in [9.17, 15) is 0 Å². The second-order valence-electron chi connectivity index (χ2n) is 7.40. The van der Waals surface area contributed by atoms with Crippen LogP contribution in [0.1, 0.15) is 90.9 Å². The molecule has 0 spiro atoms. The summed E-state index contributed by atoms with van der Waals surface area (Å²) < 4.78 is 0. The highest BCUT2D eigenvalue weighted by molar-refractivity contribution is 8.01. The van der Waals surface area contributed by atoms with Crippen LogP contribution in [0, 0.1) is 0 Å². The quantitative estimate of drug-likeness (QED) is 0.477. The molecule has 2 heterocycles. The zero-order chi connectivity index (χ0) is 16.8. The fourth-order valence-electron chi connectivity index (χ4n) is 3.36. The third kappa shape index (κ3) is 13.8. The van der Waals surface area contributed by atoms with Crippen molar-refractivity contribution in [2.45, 2.75) is 102 Å². The Bertz CT molecular complexity index is 256. The highest BCUT2D eigenvalue weighted by atomic mass is 35.5. The molecule has 2 fully saturated rings.